The highest BCUT2D eigenvalue weighted by molar-refractivity contribution is 6.39. The molecular formula is C17H14F3N3O4. The van der Waals surface area contributed by atoms with Crippen LogP contribution in [0, 0.1) is 0 Å². The van der Waals surface area contributed by atoms with Crippen molar-refractivity contribution in [3.05, 3.63) is 53.6 Å². The number of hydrogen-bond acceptors (Lipinski definition) is 5. The summed E-state index contributed by atoms with van der Waals surface area (Å²) >= 11 is 0. The maximum Gasteiger partial charge on any atom is 0.416 e. The second-order valence-electron chi connectivity index (χ2n) is 5.13. The Labute approximate surface area is 151 Å². The molecule has 27 heavy (non-hydrogen) atoms. The first-order chi connectivity index (χ1) is 12.7. The number of amides is 2. The minimum absolute atomic E-state index is 0.188. The summed E-state index contributed by atoms with van der Waals surface area (Å²) in [5, 5.41) is 15.4. The second-order valence-corrected chi connectivity index (χ2v) is 5.13. The van der Waals surface area contributed by atoms with Crippen molar-refractivity contribution in [3.63, 3.8) is 0 Å². The van der Waals surface area contributed by atoms with Crippen molar-refractivity contribution < 1.29 is 32.6 Å². The SMILES string of the molecule is COc1cccc(/C=N/NC(=O)C(=O)Nc2cccc(C(F)(F)F)c2)c1O. The third-order valence-electron chi connectivity index (χ3n) is 3.27. The smallest absolute Gasteiger partial charge is 0.416 e. The number of benzene rings is 2. The molecule has 0 saturated carbocycles. The third kappa shape index (κ3) is 5.21. The Morgan fingerprint density at radius 3 is 2.52 bits per heavy atom. The largest absolute Gasteiger partial charge is 0.504 e. The zero-order valence-corrected chi connectivity index (χ0v) is 13.9. The first-order valence-electron chi connectivity index (χ1n) is 7.40. The molecule has 0 fully saturated rings. The van der Waals surface area contributed by atoms with Crippen LogP contribution in [0.4, 0.5) is 18.9 Å². The van der Waals surface area contributed by atoms with E-state index in [4.69, 9.17) is 4.74 Å². The van der Waals surface area contributed by atoms with Gasteiger partial charge in [0.05, 0.1) is 18.9 Å². The van der Waals surface area contributed by atoms with Crippen LogP contribution in [-0.4, -0.2) is 30.2 Å². The molecule has 2 amide bonds. The molecule has 0 saturated heterocycles. The summed E-state index contributed by atoms with van der Waals surface area (Å²) in [6, 6.07) is 8.40. The van der Waals surface area contributed by atoms with Crippen molar-refractivity contribution in [1.82, 2.24) is 5.43 Å². The number of hydrogen-bond donors (Lipinski definition) is 3. The van der Waals surface area contributed by atoms with Gasteiger partial charge in [-0.3, -0.25) is 9.59 Å². The molecular weight excluding hydrogens is 367 g/mol. The average Bonchev–Trinajstić information content (AvgIpc) is 2.62. The number of rotatable bonds is 4. The van der Waals surface area contributed by atoms with Crippen LogP contribution in [0.1, 0.15) is 11.1 Å². The number of ether oxygens (including phenoxy) is 1. The number of para-hydroxylation sites is 1. The topological polar surface area (TPSA) is 100 Å². The van der Waals surface area contributed by atoms with Crippen LogP contribution in [0.15, 0.2) is 47.6 Å². The molecule has 2 rings (SSSR count). The molecule has 0 radical (unpaired) electrons. The molecule has 3 N–H and O–H groups in total. The van der Waals surface area contributed by atoms with Gasteiger partial charge < -0.3 is 15.2 Å². The number of phenols is 1. The summed E-state index contributed by atoms with van der Waals surface area (Å²) < 4.78 is 42.8. The van der Waals surface area contributed by atoms with Gasteiger partial charge >= 0.3 is 18.0 Å². The fourth-order valence-corrected chi connectivity index (χ4v) is 1.98. The van der Waals surface area contributed by atoms with Gasteiger partial charge in [0, 0.05) is 11.3 Å². The number of anilines is 1. The minimum atomic E-state index is -4.58. The van der Waals surface area contributed by atoms with Crippen molar-refractivity contribution in [2.45, 2.75) is 6.18 Å². The quantitative estimate of drug-likeness (QED) is 0.430. The lowest BCUT2D eigenvalue weighted by atomic mass is 10.2. The number of halogens is 3. The van der Waals surface area contributed by atoms with Crippen molar-refractivity contribution >= 4 is 23.7 Å². The van der Waals surface area contributed by atoms with Gasteiger partial charge in [0.1, 0.15) is 0 Å². The molecule has 2 aromatic carbocycles. The van der Waals surface area contributed by atoms with Crippen molar-refractivity contribution in [3.8, 4) is 11.5 Å². The molecule has 0 unspecified atom stereocenters. The van der Waals surface area contributed by atoms with E-state index < -0.39 is 23.6 Å². The Kier molecular flexibility index (Phi) is 6.01. The van der Waals surface area contributed by atoms with Crippen molar-refractivity contribution in [1.29, 1.82) is 0 Å². The van der Waals surface area contributed by atoms with Crippen LogP contribution in [-0.2, 0) is 15.8 Å². The number of aromatic hydroxyl groups is 1. The van der Waals surface area contributed by atoms with Crippen LogP contribution in [0.3, 0.4) is 0 Å². The van der Waals surface area contributed by atoms with Gasteiger partial charge in [0.2, 0.25) is 0 Å². The second kappa shape index (κ2) is 8.21. The van der Waals surface area contributed by atoms with E-state index in [0.717, 1.165) is 18.3 Å². The number of alkyl halides is 3. The van der Waals surface area contributed by atoms with Gasteiger partial charge in [-0.2, -0.15) is 18.3 Å². The molecule has 0 spiro atoms. The normalized spacial score (nSPS) is 11.3. The van der Waals surface area contributed by atoms with Gasteiger partial charge in [-0.1, -0.05) is 12.1 Å². The molecule has 0 aromatic heterocycles. The summed E-state index contributed by atoms with van der Waals surface area (Å²) in [6.07, 6.45) is -3.50. The molecule has 0 aliphatic heterocycles. The minimum Gasteiger partial charge on any atom is -0.504 e. The van der Waals surface area contributed by atoms with E-state index in [1.54, 1.807) is 6.07 Å². The zero-order valence-electron chi connectivity index (χ0n) is 13.9. The maximum absolute atomic E-state index is 12.6. The highest BCUT2D eigenvalue weighted by Gasteiger charge is 2.30. The van der Waals surface area contributed by atoms with Crippen LogP contribution in [0.5, 0.6) is 11.5 Å². The monoisotopic (exact) mass is 381 g/mol. The molecule has 0 aliphatic carbocycles. The molecule has 0 aliphatic rings. The Morgan fingerprint density at radius 2 is 1.85 bits per heavy atom. The predicted molar refractivity (Wildman–Crippen MR) is 90.5 cm³/mol. The third-order valence-corrected chi connectivity index (χ3v) is 3.27. The van der Waals surface area contributed by atoms with Gasteiger partial charge in [-0.15, -0.1) is 0 Å². The molecule has 0 atom stereocenters. The van der Waals surface area contributed by atoms with E-state index >= 15 is 0 Å². The van der Waals surface area contributed by atoms with E-state index in [9.17, 15) is 27.9 Å². The average molecular weight is 381 g/mol. The lowest BCUT2D eigenvalue weighted by molar-refractivity contribution is -0.137. The number of nitrogens with zero attached hydrogens (tertiary/aromatic N) is 1. The number of hydrazone groups is 1. The fourth-order valence-electron chi connectivity index (χ4n) is 1.98. The maximum atomic E-state index is 12.6. The number of nitrogens with one attached hydrogen (secondary N) is 2. The molecule has 0 bridgehead atoms. The lowest BCUT2D eigenvalue weighted by Crippen LogP contribution is -2.32. The van der Waals surface area contributed by atoms with Gasteiger partial charge in [0.15, 0.2) is 11.5 Å². The lowest BCUT2D eigenvalue weighted by Gasteiger charge is -2.09. The zero-order chi connectivity index (χ0) is 20.0. The fraction of sp³-hybridized carbons (Fsp3) is 0.118. The Bertz CT molecular complexity index is 882. The van der Waals surface area contributed by atoms with Crippen LogP contribution >= 0.6 is 0 Å². The number of methoxy groups -OCH3 is 1. The van der Waals surface area contributed by atoms with Gasteiger partial charge in [-0.05, 0) is 30.3 Å². The number of carbonyl (C=O) groups is 2. The van der Waals surface area contributed by atoms with Crippen molar-refractivity contribution in [2.24, 2.45) is 5.10 Å². The Balaban J connectivity index is 2.00. The summed E-state index contributed by atoms with van der Waals surface area (Å²) in [5.41, 5.74) is 0.960. The van der Waals surface area contributed by atoms with E-state index in [-0.39, 0.29) is 22.7 Å². The van der Waals surface area contributed by atoms with E-state index in [1.807, 2.05) is 10.7 Å². The summed E-state index contributed by atoms with van der Waals surface area (Å²) in [4.78, 5) is 23.4. The number of phenolic OH excluding ortho intramolecular Hbond substituents is 1. The summed E-state index contributed by atoms with van der Waals surface area (Å²) in [5.74, 6) is -2.44. The van der Waals surface area contributed by atoms with E-state index in [1.165, 1.54) is 25.3 Å². The highest BCUT2D eigenvalue weighted by atomic mass is 19.4. The molecule has 10 heteroatoms. The molecule has 0 heterocycles. The van der Waals surface area contributed by atoms with Crippen molar-refractivity contribution in [2.75, 3.05) is 12.4 Å². The Morgan fingerprint density at radius 1 is 1.15 bits per heavy atom. The van der Waals surface area contributed by atoms with Gasteiger partial charge in [0.25, 0.3) is 0 Å². The number of carbonyl (C=O) groups excluding carboxylic acids is 2. The van der Waals surface area contributed by atoms with Crippen LogP contribution < -0.4 is 15.5 Å². The standard InChI is InChI=1S/C17H14F3N3O4/c1-27-13-7-2-4-10(14(13)24)9-21-23-16(26)15(25)22-12-6-3-5-11(8-12)17(18,19)20/h2-9,24H,1H3,(H,22,25)(H,23,26)/b21-9+. The van der Waals surface area contributed by atoms with Gasteiger partial charge in [-0.25, -0.2) is 5.43 Å². The van der Waals surface area contributed by atoms with E-state index in [2.05, 4.69) is 5.10 Å². The van der Waals surface area contributed by atoms with Crippen LogP contribution in [0.2, 0.25) is 0 Å². The molecule has 2 aromatic rings. The molecule has 142 valence electrons. The first kappa shape index (κ1) is 19.8. The Hall–Kier alpha value is -3.56. The van der Waals surface area contributed by atoms with Crippen LogP contribution in [0.25, 0.3) is 0 Å². The summed E-state index contributed by atoms with van der Waals surface area (Å²) in [7, 11) is 1.36. The summed E-state index contributed by atoms with van der Waals surface area (Å²) in [6.45, 7) is 0. The van der Waals surface area contributed by atoms with E-state index in [0.29, 0.717) is 6.07 Å². The first-order valence-corrected chi connectivity index (χ1v) is 7.40. The molecule has 7 nitrogen and oxygen atoms in total. The predicted octanol–water partition coefficient (Wildman–Crippen LogP) is 2.51. The highest BCUT2D eigenvalue weighted by Crippen LogP contribution is 2.30.